The van der Waals surface area contributed by atoms with Crippen molar-refractivity contribution < 1.29 is 4.79 Å². The molecule has 2 heterocycles. The quantitative estimate of drug-likeness (QED) is 0.912. The van der Waals surface area contributed by atoms with Gasteiger partial charge in [0.1, 0.15) is 0 Å². The Morgan fingerprint density at radius 2 is 2.29 bits per heavy atom. The van der Waals surface area contributed by atoms with Crippen LogP contribution in [0.3, 0.4) is 0 Å². The van der Waals surface area contributed by atoms with Crippen LogP contribution in [-0.4, -0.2) is 29.9 Å². The molecule has 0 aliphatic carbocycles. The highest BCUT2D eigenvalue weighted by Crippen LogP contribution is 2.17. The molecule has 1 amide bonds. The standard InChI is InChI=1S/C12H18N2OS.ClH/c1-9(2)14(8-11-4-3-5-16-11)12(15)10-6-13-7-10;/h3-5,9-10,13H,6-8H2,1-2H3;1H. The molecule has 96 valence electrons. The first kappa shape index (κ1) is 14.5. The zero-order valence-electron chi connectivity index (χ0n) is 10.2. The number of thiophene rings is 1. The van der Waals surface area contributed by atoms with Gasteiger partial charge in [0.05, 0.1) is 12.5 Å². The molecule has 5 heteroatoms. The fraction of sp³-hybridized carbons (Fsp3) is 0.583. The second-order valence-corrected chi connectivity index (χ2v) is 5.53. The third kappa shape index (κ3) is 3.44. The van der Waals surface area contributed by atoms with Crippen molar-refractivity contribution in [3.63, 3.8) is 0 Å². The zero-order valence-corrected chi connectivity index (χ0v) is 11.8. The van der Waals surface area contributed by atoms with Crippen LogP contribution in [0, 0.1) is 5.92 Å². The van der Waals surface area contributed by atoms with E-state index in [9.17, 15) is 4.79 Å². The molecule has 0 unspecified atom stereocenters. The lowest BCUT2D eigenvalue weighted by molar-refractivity contribution is -0.139. The Morgan fingerprint density at radius 3 is 2.71 bits per heavy atom. The van der Waals surface area contributed by atoms with Crippen LogP contribution >= 0.6 is 23.7 Å². The molecular weight excluding hydrogens is 256 g/mol. The maximum Gasteiger partial charge on any atom is 0.228 e. The van der Waals surface area contributed by atoms with Crippen molar-refractivity contribution in [3.8, 4) is 0 Å². The van der Waals surface area contributed by atoms with Crippen LogP contribution in [0.2, 0.25) is 0 Å². The van der Waals surface area contributed by atoms with E-state index < -0.39 is 0 Å². The lowest BCUT2D eigenvalue weighted by Crippen LogP contribution is -2.53. The monoisotopic (exact) mass is 274 g/mol. The Bertz CT molecular complexity index is 349. The summed E-state index contributed by atoms with van der Waals surface area (Å²) in [5.41, 5.74) is 0. The van der Waals surface area contributed by atoms with Crippen LogP contribution < -0.4 is 5.32 Å². The van der Waals surface area contributed by atoms with E-state index in [1.54, 1.807) is 11.3 Å². The van der Waals surface area contributed by atoms with Crippen LogP contribution in [0.15, 0.2) is 17.5 Å². The molecule has 17 heavy (non-hydrogen) atoms. The largest absolute Gasteiger partial charge is 0.335 e. The van der Waals surface area contributed by atoms with E-state index >= 15 is 0 Å². The number of nitrogens with one attached hydrogen (secondary N) is 1. The zero-order chi connectivity index (χ0) is 11.5. The molecule has 1 aromatic heterocycles. The summed E-state index contributed by atoms with van der Waals surface area (Å²) >= 11 is 1.71. The van der Waals surface area contributed by atoms with Crippen molar-refractivity contribution in [2.24, 2.45) is 5.92 Å². The first-order chi connectivity index (χ1) is 7.68. The molecule has 0 radical (unpaired) electrons. The minimum atomic E-state index is 0. The number of amides is 1. The van der Waals surface area contributed by atoms with Gasteiger partial charge in [0, 0.05) is 24.0 Å². The minimum Gasteiger partial charge on any atom is -0.335 e. The summed E-state index contributed by atoms with van der Waals surface area (Å²) in [6.45, 7) is 6.60. The van der Waals surface area contributed by atoms with Crippen molar-refractivity contribution in [3.05, 3.63) is 22.4 Å². The van der Waals surface area contributed by atoms with Crippen molar-refractivity contribution in [1.29, 1.82) is 0 Å². The van der Waals surface area contributed by atoms with Gasteiger partial charge in [-0.2, -0.15) is 0 Å². The summed E-state index contributed by atoms with van der Waals surface area (Å²) in [4.78, 5) is 15.4. The molecule has 0 saturated carbocycles. The van der Waals surface area contributed by atoms with Gasteiger partial charge in [-0.15, -0.1) is 23.7 Å². The number of hydrogen-bond donors (Lipinski definition) is 1. The average molecular weight is 275 g/mol. The highest BCUT2D eigenvalue weighted by atomic mass is 35.5. The molecule has 1 N–H and O–H groups in total. The predicted octanol–water partition coefficient (Wildman–Crippen LogP) is 2.13. The highest BCUT2D eigenvalue weighted by molar-refractivity contribution is 7.09. The van der Waals surface area contributed by atoms with E-state index in [0.717, 1.165) is 19.6 Å². The molecule has 1 fully saturated rings. The lowest BCUT2D eigenvalue weighted by Gasteiger charge is -2.34. The van der Waals surface area contributed by atoms with Crippen molar-refractivity contribution in [1.82, 2.24) is 10.2 Å². The Kier molecular flexibility index (Phi) is 5.43. The van der Waals surface area contributed by atoms with E-state index in [4.69, 9.17) is 0 Å². The first-order valence-corrected chi connectivity index (χ1v) is 6.60. The van der Waals surface area contributed by atoms with Gasteiger partial charge in [-0.1, -0.05) is 6.07 Å². The molecule has 0 atom stereocenters. The number of carbonyl (C=O) groups is 1. The molecule has 3 nitrogen and oxygen atoms in total. The molecule has 1 aliphatic rings. The van der Waals surface area contributed by atoms with Crippen LogP contribution in [0.1, 0.15) is 18.7 Å². The molecule has 0 aromatic carbocycles. The Balaban J connectivity index is 0.00000144. The van der Waals surface area contributed by atoms with Gasteiger partial charge in [-0.3, -0.25) is 4.79 Å². The fourth-order valence-electron chi connectivity index (χ4n) is 1.78. The van der Waals surface area contributed by atoms with Gasteiger partial charge in [-0.25, -0.2) is 0 Å². The summed E-state index contributed by atoms with van der Waals surface area (Å²) < 4.78 is 0. The summed E-state index contributed by atoms with van der Waals surface area (Å²) in [6, 6.07) is 4.40. The molecular formula is C12H19ClN2OS. The van der Waals surface area contributed by atoms with E-state index in [2.05, 4.69) is 30.6 Å². The highest BCUT2D eigenvalue weighted by Gasteiger charge is 2.30. The Hall–Kier alpha value is -0.580. The van der Waals surface area contributed by atoms with Crippen LogP contribution in [0.4, 0.5) is 0 Å². The van der Waals surface area contributed by atoms with Gasteiger partial charge >= 0.3 is 0 Å². The molecule has 0 spiro atoms. The van der Waals surface area contributed by atoms with E-state index in [1.807, 2.05) is 11.0 Å². The number of rotatable bonds is 4. The Morgan fingerprint density at radius 1 is 1.59 bits per heavy atom. The molecule has 2 rings (SSSR count). The average Bonchev–Trinajstić information content (AvgIpc) is 2.62. The van der Waals surface area contributed by atoms with Gasteiger partial charge in [-0.05, 0) is 25.3 Å². The lowest BCUT2D eigenvalue weighted by atomic mass is 10.0. The van der Waals surface area contributed by atoms with Gasteiger partial charge in [0.25, 0.3) is 0 Å². The Labute approximate surface area is 113 Å². The van der Waals surface area contributed by atoms with E-state index in [-0.39, 0.29) is 24.4 Å². The molecule has 1 saturated heterocycles. The maximum atomic E-state index is 12.2. The third-order valence-corrected chi connectivity index (χ3v) is 3.80. The predicted molar refractivity (Wildman–Crippen MR) is 73.6 cm³/mol. The summed E-state index contributed by atoms with van der Waals surface area (Å²) in [6.07, 6.45) is 0. The number of halogens is 1. The molecule has 0 bridgehead atoms. The first-order valence-electron chi connectivity index (χ1n) is 5.72. The normalized spacial score (nSPS) is 15.2. The number of hydrogen-bond acceptors (Lipinski definition) is 3. The topological polar surface area (TPSA) is 32.3 Å². The fourth-order valence-corrected chi connectivity index (χ4v) is 2.49. The number of nitrogens with zero attached hydrogens (tertiary/aromatic N) is 1. The summed E-state index contributed by atoms with van der Waals surface area (Å²) in [5, 5.41) is 5.21. The summed E-state index contributed by atoms with van der Waals surface area (Å²) in [7, 11) is 0. The summed E-state index contributed by atoms with van der Waals surface area (Å²) in [5.74, 6) is 0.490. The minimum absolute atomic E-state index is 0. The molecule has 1 aliphatic heterocycles. The van der Waals surface area contributed by atoms with Gasteiger partial charge < -0.3 is 10.2 Å². The van der Waals surface area contributed by atoms with Crippen LogP contribution in [0.5, 0.6) is 0 Å². The smallest absolute Gasteiger partial charge is 0.228 e. The maximum absolute atomic E-state index is 12.2. The second-order valence-electron chi connectivity index (χ2n) is 4.49. The molecule has 1 aromatic rings. The van der Waals surface area contributed by atoms with Crippen molar-refractivity contribution in [2.75, 3.05) is 13.1 Å². The van der Waals surface area contributed by atoms with Crippen molar-refractivity contribution >= 4 is 29.7 Å². The second kappa shape index (κ2) is 6.38. The van der Waals surface area contributed by atoms with Gasteiger partial charge in [0.15, 0.2) is 0 Å². The SMILES string of the molecule is CC(C)N(Cc1cccs1)C(=O)C1CNC1.Cl. The third-order valence-electron chi connectivity index (χ3n) is 2.94. The van der Waals surface area contributed by atoms with Gasteiger partial charge in [0.2, 0.25) is 5.91 Å². The number of carbonyl (C=O) groups excluding carboxylic acids is 1. The van der Waals surface area contributed by atoms with Crippen LogP contribution in [-0.2, 0) is 11.3 Å². The van der Waals surface area contributed by atoms with E-state index in [0.29, 0.717) is 5.91 Å². The van der Waals surface area contributed by atoms with Crippen molar-refractivity contribution in [2.45, 2.75) is 26.4 Å². The van der Waals surface area contributed by atoms with E-state index in [1.165, 1.54) is 4.88 Å². The van der Waals surface area contributed by atoms with Crippen LogP contribution in [0.25, 0.3) is 0 Å².